The van der Waals surface area contributed by atoms with Gasteiger partial charge in [-0.05, 0) is 76.5 Å². The number of aryl methyl sites for hydroxylation is 1. The van der Waals surface area contributed by atoms with Crippen molar-refractivity contribution in [2.24, 2.45) is 17.8 Å². The van der Waals surface area contributed by atoms with E-state index in [-0.39, 0.29) is 38.4 Å². The molecule has 2 aliphatic heterocycles. The molecule has 0 bridgehead atoms. The number of alkyl halides is 2. The Hall–Kier alpha value is -4.01. The van der Waals surface area contributed by atoms with Crippen LogP contribution in [0.3, 0.4) is 0 Å². The van der Waals surface area contributed by atoms with Crippen LogP contribution in [0.4, 0.5) is 33.3 Å². The predicted octanol–water partition coefficient (Wildman–Crippen LogP) is 7.19. The van der Waals surface area contributed by atoms with Crippen molar-refractivity contribution in [2.75, 3.05) is 16.9 Å². The predicted molar refractivity (Wildman–Crippen MR) is 177 cm³/mol. The molecule has 4 aliphatic rings. The summed E-state index contributed by atoms with van der Waals surface area (Å²) in [5.74, 6) is -21.9. The van der Waals surface area contributed by atoms with Crippen molar-refractivity contribution < 1.29 is 51.0 Å². The maximum atomic E-state index is 15.3. The molecule has 7 rings (SSSR count). The maximum Gasteiger partial charge on any atom is 0.258 e. The molecule has 1 N–H and O–H groups in total. The molecule has 51 heavy (non-hydrogen) atoms. The molecular weight excluding hydrogens is 790 g/mol. The zero-order valence-corrected chi connectivity index (χ0v) is 29.5. The number of amides is 4. The molecule has 2 heterocycles. The molecule has 0 aromatic heterocycles. The zero-order chi connectivity index (χ0) is 37.1. The van der Waals surface area contributed by atoms with E-state index in [1.165, 1.54) is 19.2 Å². The van der Waals surface area contributed by atoms with Gasteiger partial charge in [-0.1, -0.05) is 30.7 Å². The van der Waals surface area contributed by atoms with Crippen LogP contribution >= 0.6 is 39.1 Å². The Bertz CT molecular complexity index is 2110. The lowest BCUT2D eigenvalue weighted by molar-refractivity contribution is -0.125. The Morgan fingerprint density at radius 1 is 0.882 bits per heavy atom. The summed E-state index contributed by atoms with van der Waals surface area (Å²) in [6.45, 7) is 1.94. The average Bonchev–Trinajstić information content (AvgIpc) is 3.45. The number of halogens is 8. The van der Waals surface area contributed by atoms with Crippen molar-refractivity contribution in [2.45, 2.75) is 41.9 Å². The Morgan fingerprint density at radius 3 is 2.08 bits per heavy atom. The molecular formula is C35H24BrCl2F5N2O6. The minimum atomic E-state index is -2.72. The lowest BCUT2D eigenvalue weighted by Crippen LogP contribution is -2.60. The number of carbonyl (C=O) groups excluding carboxylic acids is 4. The standard InChI is InChI=1S/C35H24BrCl2F5N2O6/c1-3-13-4-6-15(7-5-13)44-30(47)17-9-8-16-18(21(17)31(44)48)12-34(37)32(49)45(28-26(42)24(40)23(39)25(41)27(28)43)33(50)35(34,38)22(16)14-10-19(36)29(46)20(11-14)51-2/h4-8,10-11,17-18,21-22,46H,3,9,12H2,1-2H3/t17-,18+,21-,22-,34+,35-/m0/s1. The van der Waals surface area contributed by atoms with Gasteiger partial charge in [-0.3, -0.25) is 24.1 Å². The molecule has 0 radical (unpaired) electrons. The molecule has 6 atom stereocenters. The van der Waals surface area contributed by atoms with Crippen molar-refractivity contribution in [3.05, 3.63) is 92.7 Å². The van der Waals surface area contributed by atoms with Crippen LogP contribution < -0.4 is 14.5 Å². The number of fused-ring (bicyclic) bond motifs is 4. The van der Waals surface area contributed by atoms with Gasteiger partial charge in [0.25, 0.3) is 11.8 Å². The number of hydrogen-bond acceptors (Lipinski definition) is 6. The highest BCUT2D eigenvalue weighted by Crippen LogP contribution is 2.66. The highest BCUT2D eigenvalue weighted by atomic mass is 79.9. The van der Waals surface area contributed by atoms with Crippen LogP contribution in [0.1, 0.15) is 36.8 Å². The van der Waals surface area contributed by atoms with Crippen molar-refractivity contribution >= 4 is 74.1 Å². The topological polar surface area (TPSA) is 104 Å². The summed E-state index contributed by atoms with van der Waals surface area (Å²) in [7, 11) is 1.22. The first kappa shape index (κ1) is 35.4. The van der Waals surface area contributed by atoms with Gasteiger partial charge < -0.3 is 9.84 Å². The number of rotatable bonds is 5. The summed E-state index contributed by atoms with van der Waals surface area (Å²) in [4.78, 5) is 52.3. The van der Waals surface area contributed by atoms with E-state index in [1.807, 2.05) is 6.92 Å². The van der Waals surface area contributed by atoms with Crippen molar-refractivity contribution in [1.82, 2.24) is 0 Å². The number of phenols is 1. The normalized spacial score (nSPS) is 28.5. The van der Waals surface area contributed by atoms with Gasteiger partial charge in [-0.2, -0.15) is 0 Å². The van der Waals surface area contributed by atoms with E-state index in [1.54, 1.807) is 30.3 Å². The average molecular weight is 814 g/mol. The number of phenolic OH excluding ortho intramolecular Hbond substituents is 1. The van der Waals surface area contributed by atoms with Gasteiger partial charge in [0.05, 0.1) is 29.1 Å². The summed E-state index contributed by atoms with van der Waals surface area (Å²) in [6, 6.07) is 9.36. The van der Waals surface area contributed by atoms with E-state index in [0.29, 0.717) is 12.1 Å². The minimum absolute atomic E-state index is 0.0240. The molecule has 3 aromatic carbocycles. The molecule has 2 aliphatic carbocycles. The number of ether oxygens (including phenoxy) is 1. The Morgan fingerprint density at radius 2 is 1.49 bits per heavy atom. The van der Waals surface area contributed by atoms with Crippen LogP contribution in [0.25, 0.3) is 0 Å². The van der Waals surface area contributed by atoms with Gasteiger partial charge in [0.15, 0.2) is 44.5 Å². The molecule has 0 unspecified atom stereocenters. The van der Waals surface area contributed by atoms with Crippen LogP contribution in [0.2, 0.25) is 0 Å². The molecule has 8 nitrogen and oxygen atoms in total. The zero-order valence-electron chi connectivity index (χ0n) is 26.4. The molecule has 3 aromatic rings. The van der Waals surface area contributed by atoms with Crippen LogP contribution in [-0.2, 0) is 25.6 Å². The van der Waals surface area contributed by atoms with Gasteiger partial charge in [-0.25, -0.2) is 26.9 Å². The second kappa shape index (κ2) is 12.0. The lowest BCUT2D eigenvalue weighted by atomic mass is 9.56. The molecule has 1 saturated carbocycles. The van der Waals surface area contributed by atoms with E-state index in [0.717, 1.165) is 10.5 Å². The fraction of sp³-hybridized carbons (Fsp3) is 0.314. The third kappa shape index (κ3) is 4.61. The smallest absolute Gasteiger partial charge is 0.258 e. The SMILES string of the molecule is CCc1ccc(N2C(=O)[C@H]3[C@H](CC=C4[C@H]3C[C@@]3(Cl)C(=O)N(c5c(F)c(F)c(F)c(F)c5F)C(=O)[C@@]3(Cl)[C@H]4c3cc(Br)c(O)c(OC)c3)C2=O)cc1. The fourth-order valence-electron chi connectivity index (χ4n) is 7.99. The van der Waals surface area contributed by atoms with E-state index >= 15 is 8.78 Å². The molecule has 2 saturated heterocycles. The van der Waals surface area contributed by atoms with E-state index in [4.69, 9.17) is 27.9 Å². The summed E-state index contributed by atoms with van der Waals surface area (Å²) in [6.07, 6.45) is 1.62. The third-order valence-corrected chi connectivity index (χ3v) is 12.4. The van der Waals surface area contributed by atoms with Crippen molar-refractivity contribution in [3.8, 4) is 11.5 Å². The fourth-order valence-corrected chi connectivity index (χ4v) is 9.39. The van der Waals surface area contributed by atoms with Crippen molar-refractivity contribution in [3.63, 3.8) is 0 Å². The third-order valence-electron chi connectivity index (χ3n) is 10.4. The number of hydrogen-bond donors (Lipinski definition) is 1. The number of aromatic hydroxyl groups is 1. The quantitative estimate of drug-likeness (QED) is 0.0731. The highest BCUT2D eigenvalue weighted by Gasteiger charge is 2.77. The van der Waals surface area contributed by atoms with Gasteiger partial charge in [0, 0.05) is 5.92 Å². The molecule has 0 spiro atoms. The van der Waals surface area contributed by atoms with E-state index in [9.17, 15) is 37.5 Å². The molecule has 3 fully saturated rings. The number of benzene rings is 3. The van der Waals surface area contributed by atoms with Gasteiger partial charge in [0.1, 0.15) is 5.69 Å². The van der Waals surface area contributed by atoms with Crippen LogP contribution in [0, 0.1) is 46.8 Å². The van der Waals surface area contributed by atoms with E-state index in [2.05, 4.69) is 15.9 Å². The summed E-state index contributed by atoms with van der Waals surface area (Å²) in [5, 5.41) is 10.6. The van der Waals surface area contributed by atoms with Crippen LogP contribution in [0.5, 0.6) is 11.5 Å². The highest BCUT2D eigenvalue weighted by molar-refractivity contribution is 9.10. The van der Waals surface area contributed by atoms with E-state index < -0.39 is 98.2 Å². The first-order valence-corrected chi connectivity index (χ1v) is 17.1. The van der Waals surface area contributed by atoms with Crippen LogP contribution in [0.15, 0.2) is 52.5 Å². The Labute approximate surface area is 304 Å². The largest absolute Gasteiger partial charge is 0.503 e. The lowest BCUT2D eigenvalue weighted by Gasteiger charge is -2.50. The number of carbonyl (C=O) groups is 4. The number of anilines is 2. The first-order valence-electron chi connectivity index (χ1n) is 15.6. The Kier molecular flexibility index (Phi) is 8.34. The van der Waals surface area contributed by atoms with Gasteiger partial charge in [0.2, 0.25) is 17.6 Å². The summed E-state index contributed by atoms with van der Waals surface area (Å²) < 4.78 is 78.8. The molecule has 16 heteroatoms. The summed E-state index contributed by atoms with van der Waals surface area (Å²) in [5.41, 5.74) is -0.297. The van der Waals surface area contributed by atoms with Gasteiger partial charge in [-0.15, -0.1) is 23.2 Å². The molecule has 266 valence electrons. The number of methoxy groups -OCH3 is 1. The van der Waals surface area contributed by atoms with Crippen LogP contribution in [-0.4, -0.2) is 45.6 Å². The maximum absolute atomic E-state index is 15.3. The monoisotopic (exact) mass is 812 g/mol. The second-order valence-corrected chi connectivity index (χ2v) is 14.9. The van der Waals surface area contributed by atoms with Gasteiger partial charge >= 0.3 is 0 Å². The number of allylic oxidation sites excluding steroid dienone is 2. The Balaban J connectivity index is 1.44. The first-order chi connectivity index (χ1) is 24.0. The minimum Gasteiger partial charge on any atom is -0.503 e. The second-order valence-electron chi connectivity index (χ2n) is 12.8. The molecule has 4 amide bonds. The van der Waals surface area contributed by atoms with Crippen molar-refractivity contribution in [1.29, 1.82) is 0 Å². The number of nitrogens with zero attached hydrogens (tertiary/aromatic N) is 2. The summed E-state index contributed by atoms with van der Waals surface area (Å²) >= 11 is 17.5. The number of imide groups is 2.